The van der Waals surface area contributed by atoms with E-state index in [4.69, 9.17) is 9.47 Å². The summed E-state index contributed by atoms with van der Waals surface area (Å²) in [6.45, 7) is 9.88. The number of unbranched alkanes of at least 4 members (excludes halogenated alkanes) is 1. The Morgan fingerprint density at radius 1 is 0.878 bits per heavy atom. The number of aliphatic hydroxyl groups excluding tert-OH is 1. The second kappa shape index (κ2) is 14.5. The molecule has 0 aliphatic carbocycles. The van der Waals surface area contributed by atoms with Crippen LogP contribution in [0.4, 0.5) is 0 Å². The van der Waals surface area contributed by atoms with Crippen LogP contribution in [0, 0.1) is 0 Å². The van der Waals surface area contributed by atoms with Gasteiger partial charge in [0.15, 0.2) is 0 Å². The Morgan fingerprint density at radius 2 is 1.61 bits per heavy atom. The number of amides is 1. The molecular formula is C34H40N2O5. The zero-order valence-corrected chi connectivity index (χ0v) is 24.2. The highest BCUT2D eigenvalue weighted by Gasteiger charge is 2.46. The van der Waals surface area contributed by atoms with Crippen molar-refractivity contribution in [3.63, 3.8) is 0 Å². The third kappa shape index (κ3) is 7.35. The molecule has 3 aromatic rings. The van der Waals surface area contributed by atoms with E-state index in [1.54, 1.807) is 23.1 Å². The van der Waals surface area contributed by atoms with Crippen LogP contribution < -0.4 is 9.47 Å². The van der Waals surface area contributed by atoms with Crippen LogP contribution in [0.1, 0.15) is 56.3 Å². The fourth-order valence-electron chi connectivity index (χ4n) is 4.96. The van der Waals surface area contributed by atoms with Gasteiger partial charge in [-0.25, -0.2) is 0 Å². The quantitative estimate of drug-likeness (QED) is 0.110. The summed E-state index contributed by atoms with van der Waals surface area (Å²) in [7, 11) is 0. The van der Waals surface area contributed by atoms with Crippen LogP contribution in [-0.4, -0.2) is 59.4 Å². The molecule has 0 radical (unpaired) electrons. The minimum atomic E-state index is -0.724. The molecule has 0 spiro atoms. The highest BCUT2D eigenvalue weighted by molar-refractivity contribution is 6.46. The lowest BCUT2D eigenvalue weighted by molar-refractivity contribution is -0.140. The maximum Gasteiger partial charge on any atom is 0.295 e. The molecule has 41 heavy (non-hydrogen) atoms. The van der Waals surface area contributed by atoms with Crippen LogP contribution in [-0.2, 0) is 16.2 Å². The van der Waals surface area contributed by atoms with Crippen molar-refractivity contribution >= 4 is 17.4 Å². The fourth-order valence-corrected chi connectivity index (χ4v) is 4.96. The van der Waals surface area contributed by atoms with Crippen molar-refractivity contribution in [1.29, 1.82) is 0 Å². The average molecular weight is 557 g/mol. The number of hydrogen-bond donors (Lipinski definition) is 1. The molecule has 1 aliphatic rings. The van der Waals surface area contributed by atoms with Gasteiger partial charge in [-0.15, -0.1) is 0 Å². The van der Waals surface area contributed by atoms with E-state index >= 15 is 0 Å². The van der Waals surface area contributed by atoms with Crippen LogP contribution in [0.5, 0.6) is 11.5 Å². The van der Waals surface area contributed by atoms with Gasteiger partial charge in [0.25, 0.3) is 11.7 Å². The Hall–Kier alpha value is -4.10. The molecule has 216 valence electrons. The Balaban J connectivity index is 1.67. The minimum absolute atomic E-state index is 0.0817. The Bertz CT molecular complexity index is 1330. The van der Waals surface area contributed by atoms with E-state index in [0.29, 0.717) is 43.4 Å². The zero-order chi connectivity index (χ0) is 29.2. The first-order chi connectivity index (χ1) is 20.0. The van der Waals surface area contributed by atoms with Crippen LogP contribution >= 0.6 is 0 Å². The van der Waals surface area contributed by atoms with Gasteiger partial charge in [0.2, 0.25) is 0 Å². The smallest absolute Gasteiger partial charge is 0.295 e. The molecule has 4 rings (SSSR count). The second-order valence-corrected chi connectivity index (χ2v) is 10.1. The fraction of sp³-hybridized carbons (Fsp3) is 0.353. The predicted octanol–water partition coefficient (Wildman–Crippen LogP) is 6.21. The van der Waals surface area contributed by atoms with Crippen LogP contribution in [0.2, 0.25) is 0 Å². The number of ether oxygens (including phenoxy) is 2. The SMILES string of the molecule is CCCCOc1cccc(C(O)=C2C(=O)C(=O)N(CCN(CC)CC)C2c2ccc(OCc3ccccc3)cc2)c1. The molecule has 1 saturated heterocycles. The van der Waals surface area contributed by atoms with Gasteiger partial charge in [0.05, 0.1) is 18.2 Å². The first kappa shape index (κ1) is 29.9. The van der Waals surface area contributed by atoms with Gasteiger partial charge < -0.3 is 24.4 Å². The van der Waals surface area contributed by atoms with Gasteiger partial charge in [0, 0.05) is 18.7 Å². The highest BCUT2D eigenvalue weighted by atomic mass is 16.5. The van der Waals surface area contributed by atoms with Crippen molar-refractivity contribution in [2.24, 2.45) is 0 Å². The Kier molecular flexibility index (Phi) is 10.6. The largest absolute Gasteiger partial charge is 0.507 e. The van der Waals surface area contributed by atoms with Crippen molar-refractivity contribution < 1.29 is 24.2 Å². The third-order valence-corrected chi connectivity index (χ3v) is 7.41. The van der Waals surface area contributed by atoms with E-state index in [1.807, 2.05) is 60.7 Å². The minimum Gasteiger partial charge on any atom is -0.507 e. The summed E-state index contributed by atoms with van der Waals surface area (Å²) in [6, 6.07) is 23.6. The number of likely N-dealkylation sites (tertiary alicyclic amines) is 1. The van der Waals surface area contributed by atoms with Crippen molar-refractivity contribution in [3.8, 4) is 11.5 Å². The van der Waals surface area contributed by atoms with Crippen molar-refractivity contribution in [1.82, 2.24) is 9.80 Å². The van der Waals surface area contributed by atoms with Crippen molar-refractivity contribution in [2.75, 3.05) is 32.8 Å². The van der Waals surface area contributed by atoms with E-state index in [-0.39, 0.29) is 11.3 Å². The molecule has 1 aliphatic heterocycles. The van der Waals surface area contributed by atoms with E-state index in [1.165, 1.54) is 0 Å². The zero-order valence-electron chi connectivity index (χ0n) is 24.2. The molecule has 3 aromatic carbocycles. The van der Waals surface area contributed by atoms with Gasteiger partial charge in [0.1, 0.15) is 23.9 Å². The number of hydrogen-bond acceptors (Lipinski definition) is 6. The monoisotopic (exact) mass is 556 g/mol. The van der Waals surface area contributed by atoms with E-state index in [2.05, 4.69) is 25.7 Å². The highest BCUT2D eigenvalue weighted by Crippen LogP contribution is 2.40. The number of benzene rings is 3. The lowest BCUT2D eigenvalue weighted by atomic mass is 9.95. The lowest BCUT2D eigenvalue weighted by Gasteiger charge is -2.28. The van der Waals surface area contributed by atoms with E-state index < -0.39 is 17.7 Å². The van der Waals surface area contributed by atoms with Crippen LogP contribution in [0.25, 0.3) is 5.76 Å². The molecule has 1 amide bonds. The van der Waals surface area contributed by atoms with Gasteiger partial charge in [-0.05, 0) is 54.9 Å². The molecule has 1 atom stereocenters. The summed E-state index contributed by atoms with van der Waals surface area (Å²) in [5.41, 5.74) is 2.31. The number of carbonyl (C=O) groups excluding carboxylic acids is 2. The van der Waals surface area contributed by atoms with Gasteiger partial charge in [-0.2, -0.15) is 0 Å². The first-order valence-electron chi connectivity index (χ1n) is 14.5. The van der Waals surface area contributed by atoms with Crippen LogP contribution in [0.3, 0.4) is 0 Å². The molecule has 7 nitrogen and oxygen atoms in total. The number of ketones is 1. The standard InChI is InChI=1S/C34H40N2O5/c1-4-7-22-40-29-15-11-14-27(23-29)32(37)30-31(36(34(39)33(30)38)21-20-35(5-2)6-3)26-16-18-28(19-17-26)41-24-25-12-9-8-10-13-25/h8-19,23,31,37H,4-7,20-22,24H2,1-3H3. The molecule has 0 aromatic heterocycles. The molecule has 0 bridgehead atoms. The number of rotatable bonds is 14. The molecule has 1 unspecified atom stereocenters. The summed E-state index contributed by atoms with van der Waals surface area (Å²) < 4.78 is 11.8. The van der Waals surface area contributed by atoms with Gasteiger partial charge in [-0.3, -0.25) is 9.59 Å². The topological polar surface area (TPSA) is 79.3 Å². The molecular weight excluding hydrogens is 516 g/mol. The van der Waals surface area contributed by atoms with Crippen molar-refractivity contribution in [3.05, 3.63) is 101 Å². The van der Waals surface area contributed by atoms with E-state index in [9.17, 15) is 14.7 Å². The number of nitrogens with zero attached hydrogens (tertiary/aromatic N) is 2. The Morgan fingerprint density at radius 3 is 2.29 bits per heavy atom. The van der Waals surface area contributed by atoms with Gasteiger partial charge >= 0.3 is 0 Å². The number of aliphatic hydroxyl groups is 1. The molecule has 1 N–H and O–H groups in total. The predicted molar refractivity (Wildman–Crippen MR) is 161 cm³/mol. The van der Waals surface area contributed by atoms with Gasteiger partial charge in [-0.1, -0.05) is 81.8 Å². The van der Waals surface area contributed by atoms with E-state index in [0.717, 1.165) is 37.1 Å². The molecule has 1 heterocycles. The summed E-state index contributed by atoms with van der Waals surface area (Å²) in [5.74, 6) is -0.217. The summed E-state index contributed by atoms with van der Waals surface area (Å²) >= 11 is 0. The number of Topliss-reactive ketones (excluding diaryl/α,β-unsaturated/α-hetero) is 1. The van der Waals surface area contributed by atoms with Crippen molar-refractivity contribution in [2.45, 2.75) is 46.3 Å². The average Bonchev–Trinajstić information content (AvgIpc) is 3.26. The maximum atomic E-state index is 13.4. The molecule has 7 heteroatoms. The lowest BCUT2D eigenvalue weighted by Crippen LogP contribution is -2.38. The third-order valence-electron chi connectivity index (χ3n) is 7.41. The number of likely N-dealkylation sites (N-methyl/N-ethyl adjacent to an activating group) is 1. The maximum absolute atomic E-state index is 13.4. The Labute approximate surface area is 243 Å². The number of carbonyl (C=O) groups is 2. The molecule has 0 saturated carbocycles. The second-order valence-electron chi connectivity index (χ2n) is 10.1. The molecule has 1 fully saturated rings. The summed E-state index contributed by atoms with van der Waals surface area (Å²) in [5, 5.41) is 11.5. The normalized spacial score (nSPS) is 16.4. The van der Waals surface area contributed by atoms with Crippen LogP contribution in [0.15, 0.2) is 84.4 Å². The first-order valence-corrected chi connectivity index (χ1v) is 14.5. The summed E-state index contributed by atoms with van der Waals surface area (Å²) in [4.78, 5) is 30.6. The summed E-state index contributed by atoms with van der Waals surface area (Å²) in [6.07, 6.45) is 1.92.